The van der Waals surface area contributed by atoms with Crippen molar-refractivity contribution in [3.63, 3.8) is 0 Å². The van der Waals surface area contributed by atoms with E-state index in [1.807, 2.05) is 25.1 Å². The summed E-state index contributed by atoms with van der Waals surface area (Å²) < 4.78 is 0. The van der Waals surface area contributed by atoms with Crippen LogP contribution >= 0.6 is 11.6 Å². The fourth-order valence-corrected chi connectivity index (χ4v) is 4.46. The van der Waals surface area contributed by atoms with Crippen molar-refractivity contribution in [1.29, 1.82) is 0 Å². The lowest BCUT2D eigenvalue weighted by molar-refractivity contribution is 0.0986. The molecule has 5 rings (SSSR count). The molecule has 2 unspecified atom stereocenters. The van der Waals surface area contributed by atoms with Gasteiger partial charge in [0, 0.05) is 29.4 Å². The van der Waals surface area contributed by atoms with Gasteiger partial charge in [-0.25, -0.2) is 0 Å². The summed E-state index contributed by atoms with van der Waals surface area (Å²) in [5, 5.41) is 0. The van der Waals surface area contributed by atoms with Crippen LogP contribution in [0.25, 0.3) is 0 Å². The second-order valence-electron chi connectivity index (χ2n) is 6.70. The SMILES string of the molecule is CCC(=O)c1ccc2c(c1)C1CCC2c2cc(C(=O)CCl)ccc21. The Kier molecular flexibility index (Phi) is 3.80. The molecule has 0 N–H and O–H groups in total. The molecule has 2 nitrogen and oxygen atoms in total. The Morgan fingerprint density at radius 2 is 1.38 bits per heavy atom. The summed E-state index contributed by atoms with van der Waals surface area (Å²) >= 11 is 5.71. The van der Waals surface area contributed by atoms with Crippen molar-refractivity contribution < 1.29 is 9.59 Å². The molecule has 3 aliphatic carbocycles. The maximum absolute atomic E-state index is 12.1. The van der Waals surface area contributed by atoms with Crippen LogP contribution in [0.5, 0.6) is 0 Å². The normalized spacial score (nSPS) is 20.4. The monoisotopic (exact) mass is 338 g/mol. The third-order valence-electron chi connectivity index (χ3n) is 5.51. The molecule has 0 saturated heterocycles. The fraction of sp³-hybridized carbons (Fsp3) is 0.333. The van der Waals surface area contributed by atoms with Gasteiger partial charge in [0.1, 0.15) is 0 Å². The maximum atomic E-state index is 12.1. The Morgan fingerprint density at radius 1 is 0.875 bits per heavy atom. The van der Waals surface area contributed by atoms with Crippen LogP contribution in [0.3, 0.4) is 0 Å². The number of Topliss-reactive ketones (excluding diaryl/α,β-unsaturated/α-hetero) is 2. The summed E-state index contributed by atoms with van der Waals surface area (Å²) in [6, 6.07) is 12.2. The molecule has 0 spiro atoms. The van der Waals surface area contributed by atoms with Gasteiger partial charge < -0.3 is 0 Å². The molecule has 24 heavy (non-hydrogen) atoms. The predicted octanol–water partition coefficient (Wildman–Crippen LogP) is 5.07. The zero-order valence-corrected chi connectivity index (χ0v) is 14.4. The summed E-state index contributed by atoms with van der Waals surface area (Å²) in [6.07, 6.45) is 2.74. The van der Waals surface area contributed by atoms with Gasteiger partial charge in [-0.15, -0.1) is 11.6 Å². The molecule has 0 aromatic heterocycles. The summed E-state index contributed by atoms with van der Waals surface area (Å²) in [6.45, 7) is 1.90. The van der Waals surface area contributed by atoms with Crippen LogP contribution in [0.1, 0.15) is 81.0 Å². The van der Waals surface area contributed by atoms with E-state index in [9.17, 15) is 9.59 Å². The van der Waals surface area contributed by atoms with E-state index in [4.69, 9.17) is 11.6 Å². The summed E-state index contributed by atoms with van der Waals surface area (Å²) in [7, 11) is 0. The van der Waals surface area contributed by atoms with E-state index in [0.29, 0.717) is 23.8 Å². The predicted molar refractivity (Wildman–Crippen MR) is 95.5 cm³/mol. The van der Waals surface area contributed by atoms with E-state index in [-0.39, 0.29) is 17.4 Å². The first-order valence-electron chi connectivity index (χ1n) is 8.54. The Morgan fingerprint density at radius 3 is 1.83 bits per heavy atom. The highest BCUT2D eigenvalue weighted by Gasteiger charge is 2.37. The molecule has 0 saturated carbocycles. The summed E-state index contributed by atoms with van der Waals surface area (Å²) in [4.78, 5) is 24.0. The average Bonchev–Trinajstić information content (AvgIpc) is 2.66. The quantitative estimate of drug-likeness (QED) is 0.576. The van der Waals surface area contributed by atoms with Crippen LogP contribution in [-0.2, 0) is 0 Å². The first kappa shape index (κ1) is 15.6. The molecule has 2 aromatic carbocycles. The van der Waals surface area contributed by atoms with Gasteiger partial charge in [0.25, 0.3) is 0 Å². The second kappa shape index (κ2) is 5.86. The van der Waals surface area contributed by atoms with Crippen LogP contribution < -0.4 is 0 Å². The molecule has 0 aliphatic heterocycles. The van der Waals surface area contributed by atoms with Crippen molar-refractivity contribution in [2.24, 2.45) is 0 Å². The molecule has 0 fully saturated rings. The topological polar surface area (TPSA) is 34.1 Å². The maximum Gasteiger partial charge on any atom is 0.177 e. The molecule has 3 aliphatic rings. The highest BCUT2D eigenvalue weighted by Crippen LogP contribution is 2.53. The van der Waals surface area contributed by atoms with Crippen molar-refractivity contribution in [2.45, 2.75) is 38.0 Å². The molecule has 2 bridgehead atoms. The van der Waals surface area contributed by atoms with Gasteiger partial charge in [-0.3, -0.25) is 9.59 Å². The lowest BCUT2D eigenvalue weighted by atomic mass is 9.63. The number of carbonyl (C=O) groups is 2. The first-order valence-corrected chi connectivity index (χ1v) is 9.07. The number of carbonyl (C=O) groups excluding carboxylic acids is 2. The fourth-order valence-electron chi connectivity index (χ4n) is 4.31. The highest BCUT2D eigenvalue weighted by molar-refractivity contribution is 6.30. The molecule has 2 aromatic rings. The number of hydrogen-bond donors (Lipinski definition) is 0. The van der Waals surface area contributed by atoms with Crippen molar-refractivity contribution in [3.8, 4) is 0 Å². The average molecular weight is 339 g/mol. The van der Waals surface area contributed by atoms with E-state index in [1.165, 1.54) is 22.3 Å². The molecule has 0 heterocycles. The zero-order valence-electron chi connectivity index (χ0n) is 13.6. The Bertz CT molecular complexity index is 781. The zero-order chi connectivity index (χ0) is 16.8. The molecule has 0 amide bonds. The number of rotatable bonds is 4. The van der Waals surface area contributed by atoms with Crippen LogP contribution in [0.15, 0.2) is 36.4 Å². The Balaban J connectivity index is 1.82. The lowest BCUT2D eigenvalue weighted by Crippen LogP contribution is -2.25. The van der Waals surface area contributed by atoms with Crippen LogP contribution in [0.4, 0.5) is 0 Å². The van der Waals surface area contributed by atoms with Crippen LogP contribution in [0.2, 0.25) is 0 Å². The molecular formula is C21H19ClO2. The van der Waals surface area contributed by atoms with Gasteiger partial charge in [0.2, 0.25) is 0 Å². The van der Waals surface area contributed by atoms with Crippen molar-refractivity contribution in [2.75, 3.05) is 5.88 Å². The van der Waals surface area contributed by atoms with E-state index in [0.717, 1.165) is 18.4 Å². The number of alkyl halides is 1. The third kappa shape index (κ3) is 2.24. The van der Waals surface area contributed by atoms with Gasteiger partial charge in [0.05, 0.1) is 5.88 Å². The molecule has 122 valence electrons. The number of fused-ring (bicyclic) bond motifs is 1. The van der Waals surface area contributed by atoms with Gasteiger partial charge in [-0.1, -0.05) is 31.2 Å². The van der Waals surface area contributed by atoms with E-state index >= 15 is 0 Å². The summed E-state index contributed by atoms with van der Waals surface area (Å²) in [5.74, 6) is 0.859. The first-order chi connectivity index (χ1) is 11.6. The lowest BCUT2D eigenvalue weighted by Gasteiger charge is -2.40. The molecule has 2 atom stereocenters. The van der Waals surface area contributed by atoms with E-state index in [2.05, 4.69) is 18.2 Å². The number of halogens is 1. The second-order valence-corrected chi connectivity index (χ2v) is 6.97. The van der Waals surface area contributed by atoms with Gasteiger partial charge >= 0.3 is 0 Å². The van der Waals surface area contributed by atoms with Gasteiger partial charge in [0.15, 0.2) is 11.6 Å². The Hall–Kier alpha value is -1.93. The molecular weight excluding hydrogens is 320 g/mol. The minimum Gasteiger partial charge on any atom is -0.294 e. The number of hydrogen-bond acceptors (Lipinski definition) is 2. The largest absolute Gasteiger partial charge is 0.294 e. The third-order valence-corrected chi connectivity index (χ3v) is 5.75. The minimum atomic E-state index is -0.0231. The standard InChI is InChI=1S/C21H19ClO2/c1-2-20(23)12-3-5-14-17-8-7-16(18(14)9-12)15-6-4-13(10-19(15)17)21(24)11-22/h3-6,9-10,16-17H,2,7-8,11H2,1H3. The van der Waals surface area contributed by atoms with Crippen LogP contribution in [-0.4, -0.2) is 17.4 Å². The van der Waals surface area contributed by atoms with Crippen molar-refractivity contribution in [3.05, 3.63) is 69.8 Å². The molecule has 0 radical (unpaired) electrons. The van der Waals surface area contributed by atoms with Gasteiger partial charge in [-0.2, -0.15) is 0 Å². The summed E-state index contributed by atoms with van der Waals surface area (Å²) in [5.41, 5.74) is 6.72. The Labute approximate surface area is 146 Å². The minimum absolute atomic E-state index is 0.0198. The van der Waals surface area contributed by atoms with E-state index < -0.39 is 0 Å². The smallest absolute Gasteiger partial charge is 0.177 e. The van der Waals surface area contributed by atoms with Crippen molar-refractivity contribution in [1.82, 2.24) is 0 Å². The number of ketones is 2. The molecule has 3 heteroatoms. The van der Waals surface area contributed by atoms with Gasteiger partial charge in [-0.05, 0) is 47.2 Å². The van der Waals surface area contributed by atoms with Crippen LogP contribution in [0, 0.1) is 0 Å². The van der Waals surface area contributed by atoms with E-state index in [1.54, 1.807) is 0 Å². The van der Waals surface area contributed by atoms with Crippen molar-refractivity contribution >= 4 is 23.2 Å². The highest BCUT2D eigenvalue weighted by atomic mass is 35.5. The number of benzene rings is 2.